The van der Waals surface area contributed by atoms with E-state index in [2.05, 4.69) is 50.3 Å². The standard InChI is InChI=1S/C19H18BrN7O4S2/c1-2-26-33(28,29)27-17-16(12-3-4-15-14(7-12)25-11-32-15)18(24-10-23-17)30-5-6-31-19-21-8-13(20)9-22-19/h3-4,7-11,26H,2,5-6H2,1H3,(H,23,24,27). The van der Waals surface area contributed by atoms with E-state index in [1.807, 2.05) is 18.2 Å². The summed E-state index contributed by atoms with van der Waals surface area (Å²) < 4.78 is 42.5. The molecule has 0 atom stereocenters. The molecule has 14 heteroatoms. The Hall–Kier alpha value is -2.94. The Morgan fingerprint density at radius 1 is 1.06 bits per heavy atom. The van der Waals surface area contributed by atoms with Crippen LogP contribution in [0.2, 0.25) is 0 Å². The van der Waals surface area contributed by atoms with Crippen LogP contribution in [0.5, 0.6) is 11.9 Å². The lowest BCUT2D eigenvalue weighted by Gasteiger charge is -2.15. The largest absolute Gasteiger partial charge is 0.473 e. The smallest absolute Gasteiger partial charge is 0.316 e. The van der Waals surface area contributed by atoms with Gasteiger partial charge in [0.1, 0.15) is 19.5 Å². The van der Waals surface area contributed by atoms with E-state index in [1.165, 1.54) is 17.7 Å². The van der Waals surface area contributed by atoms with Gasteiger partial charge in [0.2, 0.25) is 5.88 Å². The second-order valence-electron chi connectivity index (χ2n) is 6.42. The van der Waals surface area contributed by atoms with Crippen molar-refractivity contribution in [3.63, 3.8) is 0 Å². The molecule has 0 aliphatic rings. The van der Waals surface area contributed by atoms with Crippen molar-refractivity contribution in [2.45, 2.75) is 6.92 Å². The van der Waals surface area contributed by atoms with E-state index in [0.717, 1.165) is 14.7 Å². The van der Waals surface area contributed by atoms with Crippen LogP contribution in [-0.4, -0.2) is 53.1 Å². The van der Waals surface area contributed by atoms with Crippen LogP contribution in [0.25, 0.3) is 21.3 Å². The van der Waals surface area contributed by atoms with Gasteiger partial charge in [0, 0.05) is 18.9 Å². The highest BCUT2D eigenvalue weighted by Crippen LogP contribution is 2.36. The van der Waals surface area contributed by atoms with Crippen LogP contribution in [0.15, 0.2) is 46.9 Å². The highest BCUT2D eigenvalue weighted by molar-refractivity contribution is 9.10. The normalized spacial score (nSPS) is 11.5. The van der Waals surface area contributed by atoms with Crippen LogP contribution in [0.1, 0.15) is 6.92 Å². The number of hydrogen-bond acceptors (Lipinski definition) is 10. The summed E-state index contributed by atoms with van der Waals surface area (Å²) in [6, 6.07) is 5.77. The number of hydrogen-bond donors (Lipinski definition) is 2. The lowest BCUT2D eigenvalue weighted by Crippen LogP contribution is -2.30. The number of aromatic nitrogens is 5. The molecule has 0 spiro atoms. The highest BCUT2D eigenvalue weighted by atomic mass is 79.9. The lowest BCUT2D eigenvalue weighted by atomic mass is 10.1. The van der Waals surface area contributed by atoms with E-state index < -0.39 is 10.2 Å². The van der Waals surface area contributed by atoms with E-state index >= 15 is 0 Å². The molecular formula is C19H18BrN7O4S2. The van der Waals surface area contributed by atoms with Crippen molar-refractivity contribution >= 4 is 53.5 Å². The van der Waals surface area contributed by atoms with Gasteiger partial charge in [-0.25, -0.2) is 24.9 Å². The number of ether oxygens (including phenoxy) is 2. The third kappa shape index (κ3) is 5.90. The summed E-state index contributed by atoms with van der Waals surface area (Å²) in [6.45, 7) is 2.16. The zero-order valence-corrected chi connectivity index (χ0v) is 20.4. The van der Waals surface area contributed by atoms with Gasteiger partial charge < -0.3 is 9.47 Å². The maximum atomic E-state index is 12.3. The second-order valence-corrected chi connectivity index (χ2v) is 9.72. The molecule has 3 aromatic heterocycles. The summed E-state index contributed by atoms with van der Waals surface area (Å²) >= 11 is 4.77. The van der Waals surface area contributed by atoms with Gasteiger partial charge in [-0.2, -0.15) is 13.1 Å². The van der Waals surface area contributed by atoms with Crippen molar-refractivity contribution in [1.29, 1.82) is 0 Å². The predicted molar refractivity (Wildman–Crippen MR) is 128 cm³/mol. The quantitative estimate of drug-likeness (QED) is 0.284. The molecule has 2 N–H and O–H groups in total. The van der Waals surface area contributed by atoms with Crippen molar-refractivity contribution in [2.24, 2.45) is 0 Å². The zero-order chi connectivity index (χ0) is 23.3. The van der Waals surface area contributed by atoms with E-state index in [0.29, 0.717) is 11.1 Å². The van der Waals surface area contributed by atoms with E-state index in [-0.39, 0.29) is 37.5 Å². The fourth-order valence-electron chi connectivity index (χ4n) is 2.83. The third-order valence-electron chi connectivity index (χ3n) is 4.15. The summed E-state index contributed by atoms with van der Waals surface area (Å²) in [4.78, 5) is 20.8. The molecular weight excluding hydrogens is 534 g/mol. The van der Waals surface area contributed by atoms with Gasteiger partial charge in [-0.1, -0.05) is 13.0 Å². The lowest BCUT2D eigenvalue weighted by molar-refractivity contribution is 0.202. The molecule has 1 aromatic carbocycles. The molecule has 0 aliphatic carbocycles. The van der Waals surface area contributed by atoms with Gasteiger partial charge in [0.15, 0.2) is 5.82 Å². The van der Waals surface area contributed by atoms with Crippen molar-refractivity contribution in [2.75, 3.05) is 24.5 Å². The summed E-state index contributed by atoms with van der Waals surface area (Å²) in [6.07, 6.45) is 4.37. The minimum Gasteiger partial charge on any atom is -0.473 e. The van der Waals surface area contributed by atoms with Crippen molar-refractivity contribution in [3.05, 3.63) is 46.9 Å². The number of halogens is 1. The Morgan fingerprint density at radius 2 is 1.85 bits per heavy atom. The molecule has 0 aliphatic heterocycles. The predicted octanol–water partition coefficient (Wildman–Crippen LogP) is 3.03. The zero-order valence-electron chi connectivity index (χ0n) is 17.2. The maximum absolute atomic E-state index is 12.3. The second kappa shape index (κ2) is 10.3. The van der Waals surface area contributed by atoms with Gasteiger partial charge in [0.05, 0.1) is 25.8 Å². The number of nitrogens with zero attached hydrogens (tertiary/aromatic N) is 5. The molecule has 0 fully saturated rings. The molecule has 0 unspecified atom stereocenters. The first kappa shape index (κ1) is 23.2. The number of fused-ring (bicyclic) bond motifs is 1. The summed E-state index contributed by atoms with van der Waals surface area (Å²) in [5.41, 5.74) is 3.54. The Morgan fingerprint density at radius 3 is 2.64 bits per heavy atom. The third-order valence-corrected chi connectivity index (χ3v) is 6.50. The van der Waals surface area contributed by atoms with Crippen molar-refractivity contribution in [3.8, 4) is 23.0 Å². The molecule has 0 saturated heterocycles. The molecule has 0 saturated carbocycles. The van der Waals surface area contributed by atoms with Crippen LogP contribution in [-0.2, 0) is 10.2 Å². The van der Waals surface area contributed by atoms with Crippen LogP contribution < -0.4 is 18.9 Å². The molecule has 4 aromatic rings. The van der Waals surface area contributed by atoms with Gasteiger partial charge in [-0.15, -0.1) is 11.3 Å². The Kier molecular flexibility index (Phi) is 7.27. The maximum Gasteiger partial charge on any atom is 0.316 e. The number of benzene rings is 1. The first-order valence-electron chi connectivity index (χ1n) is 9.64. The number of anilines is 1. The molecule has 33 heavy (non-hydrogen) atoms. The number of thiazole rings is 1. The number of rotatable bonds is 10. The minimum atomic E-state index is -3.83. The number of nitrogens with one attached hydrogen (secondary N) is 2. The summed E-state index contributed by atoms with van der Waals surface area (Å²) in [7, 11) is -3.83. The van der Waals surface area contributed by atoms with Gasteiger partial charge in [-0.3, -0.25) is 4.72 Å². The SMILES string of the molecule is CCNS(=O)(=O)Nc1ncnc(OCCOc2ncc(Br)cn2)c1-c1ccc2scnc2c1. The van der Waals surface area contributed by atoms with E-state index in [9.17, 15) is 8.42 Å². The topological polar surface area (TPSA) is 141 Å². The fraction of sp³-hybridized carbons (Fsp3) is 0.211. The van der Waals surface area contributed by atoms with Crippen LogP contribution >= 0.6 is 27.3 Å². The average Bonchev–Trinajstić information content (AvgIpc) is 3.25. The van der Waals surface area contributed by atoms with Gasteiger partial charge >= 0.3 is 6.01 Å². The Labute approximate surface area is 202 Å². The average molecular weight is 552 g/mol. The van der Waals surface area contributed by atoms with Gasteiger partial charge in [-0.05, 0) is 33.6 Å². The van der Waals surface area contributed by atoms with Crippen molar-refractivity contribution in [1.82, 2.24) is 29.6 Å². The van der Waals surface area contributed by atoms with Gasteiger partial charge in [0.25, 0.3) is 10.2 Å². The monoisotopic (exact) mass is 551 g/mol. The highest BCUT2D eigenvalue weighted by Gasteiger charge is 2.20. The minimum absolute atomic E-state index is 0.0766. The Bertz CT molecular complexity index is 1350. The van der Waals surface area contributed by atoms with Crippen LogP contribution in [0.3, 0.4) is 0 Å². The molecule has 3 heterocycles. The fourth-order valence-corrected chi connectivity index (χ4v) is 4.55. The summed E-state index contributed by atoms with van der Waals surface area (Å²) in [5, 5.41) is 0. The molecule has 0 bridgehead atoms. The first-order valence-corrected chi connectivity index (χ1v) is 12.8. The molecule has 4 rings (SSSR count). The van der Waals surface area contributed by atoms with Crippen LogP contribution in [0.4, 0.5) is 5.82 Å². The summed E-state index contributed by atoms with van der Waals surface area (Å²) in [5.74, 6) is 0.266. The van der Waals surface area contributed by atoms with Crippen LogP contribution in [0, 0.1) is 0 Å². The molecule has 11 nitrogen and oxygen atoms in total. The first-order chi connectivity index (χ1) is 15.9. The van der Waals surface area contributed by atoms with E-state index in [4.69, 9.17) is 9.47 Å². The molecule has 0 radical (unpaired) electrons. The molecule has 0 amide bonds. The van der Waals surface area contributed by atoms with Crippen molar-refractivity contribution < 1.29 is 17.9 Å². The molecule has 172 valence electrons. The van der Waals surface area contributed by atoms with E-state index in [1.54, 1.807) is 24.8 Å². The Balaban J connectivity index is 1.61.